The van der Waals surface area contributed by atoms with Crippen molar-refractivity contribution < 1.29 is 0 Å². The highest BCUT2D eigenvalue weighted by atomic mass is 14.8. The highest BCUT2D eigenvalue weighted by molar-refractivity contribution is 5.45. The third-order valence-electron chi connectivity index (χ3n) is 4.66. The van der Waals surface area contributed by atoms with E-state index in [-0.39, 0.29) is 5.92 Å². The molecule has 0 aliphatic heterocycles. The lowest BCUT2D eigenvalue weighted by molar-refractivity contribution is 0.391. The Bertz CT molecular complexity index is 684. The minimum atomic E-state index is -0.491. The van der Waals surface area contributed by atoms with Crippen molar-refractivity contribution in [2.45, 2.75) is 25.3 Å². The fraction of sp³-hybridized carbons (Fsp3) is 0.238. The summed E-state index contributed by atoms with van der Waals surface area (Å²) in [6.45, 7) is 2.20. The monoisotopic (exact) mass is 289 g/mol. The van der Waals surface area contributed by atoms with Crippen molar-refractivity contribution in [3.05, 3.63) is 95.6 Å². The molecule has 1 heteroatoms. The van der Waals surface area contributed by atoms with Crippen molar-refractivity contribution in [3.8, 4) is 0 Å². The van der Waals surface area contributed by atoms with E-state index in [0.717, 1.165) is 12.8 Å². The summed E-state index contributed by atoms with van der Waals surface area (Å²) in [7, 11) is 0. The fourth-order valence-electron chi connectivity index (χ4n) is 3.43. The molecule has 22 heavy (non-hydrogen) atoms. The van der Waals surface area contributed by atoms with Gasteiger partial charge in [-0.15, -0.1) is 0 Å². The van der Waals surface area contributed by atoms with Crippen LogP contribution in [0.4, 0.5) is 0 Å². The number of allylic oxidation sites excluding steroid dienone is 3. The van der Waals surface area contributed by atoms with Gasteiger partial charge in [0.2, 0.25) is 0 Å². The van der Waals surface area contributed by atoms with Crippen LogP contribution in [-0.4, -0.2) is 0 Å². The molecule has 2 aromatic rings. The molecule has 1 aliphatic carbocycles. The summed E-state index contributed by atoms with van der Waals surface area (Å²) in [5.74, 6) is 0.271. The summed E-state index contributed by atoms with van der Waals surface area (Å²) < 4.78 is 0. The largest absolute Gasteiger partial charge is 0.317 e. The van der Waals surface area contributed by atoms with Gasteiger partial charge in [-0.2, -0.15) is 0 Å². The average molecular weight is 289 g/mol. The average Bonchev–Trinajstić information content (AvgIpc) is 2.62. The SMILES string of the molecule is CCc1ccccc1C(N)(c1ccccc1)C1C=CC=CC1. The first kappa shape index (κ1) is 14.8. The van der Waals surface area contributed by atoms with E-state index in [1.165, 1.54) is 16.7 Å². The molecule has 1 nitrogen and oxygen atoms in total. The Hall–Kier alpha value is -2.12. The summed E-state index contributed by atoms with van der Waals surface area (Å²) in [5, 5.41) is 0. The zero-order valence-electron chi connectivity index (χ0n) is 13.1. The third kappa shape index (κ3) is 2.53. The van der Waals surface area contributed by atoms with Crippen LogP contribution >= 0.6 is 0 Å². The molecule has 0 heterocycles. The predicted octanol–water partition coefficient (Wildman–Crippen LogP) is 4.58. The molecule has 2 atom stereocenters. The van der Waals surface area contributed by atoms with Gasteiger partial charge in [-0.05, 0) is 29.5 Å². The highest BCUT2D eigenvalue weighted by Crippen LogP contribution is 2.39. The van der Waals surface area contributed by atoms with Crippen molar-refractivity contribution in [2.24, 2.45) is 11.7 Å². The van der Waals surface area contributed by atoms with Crippen LogP contribution in [0.25, 0.3) is 0 Å². The van der Waals surface area contributed by atoms with Gasteiger partial charge in [0.25, 0.3) is 0 Å². The maximum absolute atomic E-state index is 7.11. The van der Waals surface area contributed by atoms with Crippen LogP contribution in [0.5, 0.6) is 0 Å². The normalized spacial score (nSPS) is 19.8. The number of rotatable bonds is 4. The van der Waals surface area contributed by atoms with Crippen LogP contribution < -0.4 is 5.73 Å². The molecule has 0 radical (unpaired) electrons. The molecule has 2 aromatic carbocycles. The maximum Gasteiger partial charge on any atom is 0.0734 e. The van der Waals surface area contributed by atoms with Gasteiger partial charge >= 0.3 is 0 Å². The van der Waals surface area contributed by atoms with Gasteiger partial charge in [-0.25, -0.2) is 0 Å². The Kier molecular flexibility index (Phi) is 4.26. The Balaban J connectivity index is 2.19. The van der Waals surface area contributed by atoms with Gasteiger partial charge in [-0.1, -0.05) is 85.8 Å². The molecule has 0 bridgehead atoms. The van der Waals surface area contributed by atoms with E-state index < -0.39 is 5.54 Å². The van der Waals surface area contributed by atoms with Crippen LogP contribution in [0.2, 0.25) is 0 Å². The van der Waals surface area contributed by atoms with Gasteiger partial charge in [0, 0.05) is 5.92 Å². The Labute approximate surface area is 133 Å². The van der Waals surface area contributed by atoms with Gasteiger partial charge in [0.15, 0.2) is 0 Å². The zero-order valence-corrected chi connectivity index (χ0v) is 13.1. The smallest absolute Gasteiger partial charge is 0.0734 e. The topological polar surface area (TPSA) is 26.0 Å². The number of benzene rings is 2. The fourth-order valence-corrected chi connectivity index (χ4v) is 3.43. The first-order valence-corrected chi connectivity index (χ1v) is 8.03. The molecule has 0 saturated heterocycles. The first-order valence-electron chi connectivity index (χ1n) is 8.03. The molecular weight excluding hydrogens is 266 g/mol. The second kappa shape index (κ2) is 6.33. The quantitative estimate of drug-likeness (QED) is 0.875. The molecular formula is C21H23N. The molecule has 0 aromatic heterocycles. The van der Waals surface area contributed by atoms with E-state index in [1.807, 2.05) is 6.07 Å². The predicted molar refractivity (Wildman–Crippen MR) is 93.6 cm³/mol. The second-order valence-corrected chi connectivity index (χ2v) is 5.90. The number of nitrogens with two attached hydrogens (primary N) is 1. The van der Waals surface area contributed by atoms with E-state index >= 15 is 0 Å². The van der Waals surface area contributed by atoms with Gasteiger partial charge in [-0.3, -0.25) is 0 Å². The van der Waals surface area contributed by atoms with Gasteiger partial charge in [0.1, 0.15) is 0 Å². The summed E-state index contributed by atoms with van der Waals surface area (Å²) in [5.41, 5.74) is 10.4. The van der Waals surface area contributed by atoms with Crippen LogP contribution in [0.3, 0.4) is 0 Å². The van der Waals surface area contributed by atoms with Gasteiger partial charge in [0.05, 0.1) is 5.54 Å². The van der Waals surface area contributed by atoms with Crippen molar-refractivity contribution >= 4 is 0 Å². The Morgan fingerprint density at radius 2 is 1.73 bits per heavy atom. The standard InChI is InChI=1S/C21H23N/c1-2-17-11-9-10-16-20(17)21(22,18-12-5-3-6-13-18)19-14-7-4-8-15-19/h3-14,16,19H,2,15,22H2,1H3. The summed E-state index contributed by atoms with van der Waals surface area (Å²) in [4.78, 5) is 0. The molecule has 0 spiro atoms. The lowest BCUT2D eigenvalue weighted by Crippen LogP contribution is -2.45. The number of hydrogen-bond donors (Lipinski definition) is 1. The minimum Gasteiger partial charge on any atom is -0.317 e. The molecule has 0 saturated carbocycles. The molecule has 0 amide bonds. The lowest BCUT2D eigenvalue weighted by Gasteiger charge is -2.39. The van der Waals surface area contributed by atoms with Crippen molar-refractivity contribution in [3.63, 3.8) is 0 Å². The van der Waals surface area contributed by atoms with Crippen molar-refractivity contribution in [1.82, 2.24) is 0 Å². The van der Waals surface area contributed by atoms with Crippen LogP contribution in [0, 0.1) is 5.92 Å². The van der Waals surface area contributed by atoms with E-state index in [1.54, 1.807) is 0 Å². The van der Waals surface area contributed by atoms with Crippen LogP contribution in [0.1, 0.15) is 30.0 Å². The van der Waals surface area contributed by atoms with Gasteiger partial charge < -0.3 is 5.73 Å². The molecule has 1 aliphatic rings. The second-order valence-electron chi connectivity index (χ2n) is 5.90. The lowest BCUT2D eigenvalue weighted by atomic mass is 9.70. The maximum atomic E-state index is 7.11. The van der Waals surface area contributed by atoms with E-state index in [9.17, 15) is 0 Å². The van der Waals surface area contributed by atoms with E-state index in [4.69, 9.17) is 5.73 Å². The highest BCUT2D eigenvalue weighted by Gasteiger charge is 2.38. The molecule has 2 unspecified atom stereocenters. The molecule has 3 rings (SSSR count). The third-order valence-corrected chi connectivity index (χ3v) is 4.66. The Morgan fingerprint density at radius 3 is 2.41 bits per heavy atom. The number of hydrogen-bond acceptors (Lipinski definition) is 1. The van der Waals surface area contributed by atoms with Crippen LogP contribution in [-0.2, 0) is 12.0 Å². The molecule has 2 N–H and O–H groups in total. The molecule has 112 valence electrons. The minimum absolute atomic E-state index is 0.271. The summed E-state index contributed by atoms with van der Waals surface area (Å²) in [6.07, 6.45) is 10.7. The number of aryl methyl sites for hydroxylation is 1. The van der Waals surface area contributed by atoms with E-state index in [2.05, 4.69) is 79.8 Å². The first-order chi connectivity index (χ1) is 10.8. The van der Waals surface area contributed by atoms with E-state index in [0.29, 0.717) is 0 Å². The van der Waals surface area contributed by atoms with Crippen molar-refractivity contribution in [2.75, 3.05) is 0 Å². The molecule has 0 fully saturated rings. The summed E-state index contributed by atoms with van der Waals surface area (Å²) >= 11 is 0. The zero-order chi connectivity index (χ0) is 15.4. The van der Waals surface area contributed by atoms with Crippen LogP contribution in [0.15, 0.2) is 78.9 Å². The summed E-state index contributed by atoms with van der Waals surface area (Å²) in [6, 6.07) is 19.1. The van der Waals surface area contributed by atoms with Crippen molar-refractivity contribution in [1.29, 1.82) is 0 Å². The Morgan fingerprint density at radius 1 is 1.00 bits per heavy atom.